The molecular formula is C59H40N2O. The molecule has 2 heterocycles. The fraction of sp³-hybridized carbons (Fsp3) is 0.0508. The van der Waals surface area contributed by atoms with Crippen molar-refractivity contribution in [1.29, 1.82) is 0 Å². The third-order valence-electron chi connectivity index (χ3n) is 12.9. The maximum absolute atomic E-state index is 6.30. The molecular weight excluding hydrogens is 753 g/mol. The van der Waals surface area contributed by atoms with E-state index in [2.05, 4.69) is 202 Å². The van der Waals surface area contributed by atoms with Crippen LogP contribution >= 0.6 is 0 Å². The second kappa shape index (κ2) is 14.1. The lowest BCUT2D eigenvalue weighted by molar-refractivity contribution is 0.661. The zero-order valence-electron chi connectivity index (χ0n) is 34.4. The van der Waals surface area contributed by atoms with Crippen LogP contribution in [0.4, 0.5) is 0 Å². The van der Waals surface area contributed by atoms with E-state index >= 15 is 0 Å². The van der Waals surface area contributed by atoms with Gasteiger partial charge in [-0.2, -0.15) is 0 Å². The number of hydrogen-bond acceptors (Lipinski definition) is 3. The molecule has 3 heteroatoms. The summed E-state index contributed by atoms with van der Waals surface area (Å²) >= 11 is 0. The Labute approximate surface area is 360 Å². The van der Waals surface area contributed by atoms with Gasteiger partial charge < -0.3 is 4.42 Å². The maximum atomic E-state index is 6.30. The van der Waals surface area contributed by atoms with E-state index in [0.29, 0.717) is 5.82 Å². The third kappa shape index (κ3) is 5.89. The van der Waals surface area contributed by atoms with Crippen LogP contribution in [0.3, 0.4) is 0 Å². The summed E-state index contributed by atoms with van der Waals surface area (Å²) in [6, 6.07) is 73.8. The van der Waals surface area contributed by atoms with Crippen LogP contribution in [0.5, 0.6) is 0 Å². The standard InChI is InChI=1S/C59H40N2O/c1-59(2)51-26-15-25-46(57(51)50-34-39-20-9-10-21-40(39)35-52(50)59)43-30-42(41-28-29-56-49(33-41)48-24-13-14-27-55(48)62-56)31-44(32-43)53-36-54(61-58(60-53)38-18-7-4-8-19-38)47-23-12-11-22-45(47)37-16-5-3-6-17-37/h3-36H,1-2H3. The first-order valence-corrected chi connectivity index (χ1v) is 21.3. The Kier molecular flexibility index (Phi) is 8.20. The highest BCUT2D eigenvalue weighted by Crippen LogP contribution is 2.53. The zero-order valence-corrected chi connectivity index (χ0v) is 34.4. The van der Waals surface area contributed by atoms with E-state index in [4.69, 9.17) is 14.4 Å². The Balaban J connectivity index is 1.12. The summed E-state index contributed by atoms with van der Waals surface area (Å²) < 4.78 is 6.30. The first-order chi connectivity index (χ1) is 30.5. The van der Waals surface area contributed by atoms with Gasteiger partial charge in [-0.15, -0.1) is 0 Å². The molecule has 9 aromatic carbocycles. The van der Waals surface area contributed by atoms with Gasteiger partial charge in [-0.3, -0.25) is 0 Å². The van der Waals surface area contributed by atoms with Gasteiger partial charge in [-0.1, -0.05) is 166 Å². The Morgan fingerprint density at radius 2 is 0.984 bits per heavy atom. The number of hydrogen-bond donors (Lipinski definition) is 0. The molecule has 0 atom stereocenters. The molecule has 0 fully saturated rings. The van der Waals surface area contributed by atoms with Crippen molar-refractivity contribution in [2.75, 3.05) is 0 Å². The molecule has 0 bridgehead atoms. The van der Waals surface area contributed by atoms with Crippen molar-refractivity contribution in [2.45, 2.75) is 19.3 Å². The maximum Gasteiger partial charge on any atom is 0.160 e. The first-order valence-electron chi connectivity index (χ1n) is 21.3. The molecule has 2 aromatic heterocycles. The van der Waals surface area contributed by atoms with Gasteiger partial charge in [0.25, 0.3) is 0 Å². The van der Waals surface area contributed by atoms with Gasteiger partial charge in [-0.05, 0) is 121 Å². The van der Waals surface area contributed by atoms with E-state index in [0.717, 1.165) is 77.8 Å². The van der Waals surface area contributed by atoms with E-state index in [-0.39, 0.29) is 5.41 Å². The van der Waals surface area contributed by atoms with E-state index in [1.807, 2.05) is 18.2 Å². The SMILES string of the molecule is CC1(C)c2cc3ccccc3cc2-c2c(-c3cc(-c4ccc5oc6ccccc6c5c4)cc(-c4cc(-c5ccccc5-c5ccccc5)nc(-c5ccccc5)n4)c3)cccc21. The topological polar surface area (TPSA) is 38.9 Å². The number of furan rings is 1. The summed E-state index contributed by atoms with van der Waals surface area (Å²) in [6.45, 7) is 4.73. The average Bonchev–Trinajstić information content (AvgIpc) is 3.82. The molecule has 0 amide bonds. The van der Waals surface area contributed by atoms with Crippen molar-refractivity contribution < 1.29 is 4.42 Å². The summed E-state index contributed by atoms with van der Waals surface area (Å²) in [4.78, 5) is 10.7. The molecule has 3 nitrogen and oxygen atoms in total. The molecule has 62 heavy (non-hydrogen) atoms. The predicted octanol–water partition coefficient (Wildman–Crippen LogP) is 15.8. The van der Waals surface area contributed by atoms with Gasteiger partial charge in [0.2, 0.25) is 0 Å². The number of para-hydroxylation sites is 1. The van der Waals surface area contributed by atoms with Crippen LogP contribution in [0.25, 0.3) is 111 Å². The zero-order chi connectivity index (χ0) is 41.4. The lowest BCUT2D eigenvalue weighted by Gasteiger charge is -2.22. The van der Waals surface area contributed by atoms with Crippen LogP contribution in [0.2, 0.25) is 0 Å². The summed E-state index contributed by atoms with van der Waals surface area (Å²) in [7, 11) is 0. The van der Waals surface area contributed by atoms with Crippen LogP contribution in [0.1, 0.15) is 25.0 Å². The largest absolute Gasteiger partial charge is 0.456 e. The molecule has 1 aliphatic carbocycles. The number of nitrogens with zero attached hydrogens (tertiary/aromatic N) is 2. The van der Waals surface area contributed by atoms with Crippen molar-refractivity contribution in [3.63, 3.8) is 0 Å². The lowest BCUT2D eigenvalue weighted by atomic mass is 9.81. The highest BCUT2D eigenvalue weighted by Gasteiger charge is 2.37. The molecule has 0 saturated carbocycles. The van der Waals surface area contributed by atoms with Gasteiger partial charge in [0.15, 0.2) is 5.82 Å². The van der Waals surface area contributed by atoms with Gasteiger partial charge >= 0.3 is 0 Å². The minimum Gasteiger partial charge on any atom is -0.456 e. The average molecular weight is 793 g/mol. The second-order valence-corrected chi connectivity index (χ2v) is 16.9. The van der Waals surface area contributed by atoms with E-state index in [1.54, 1.807) is 0 Å². The molecule has 0 unspecified atom stereocenters. The molecule has 1 aliphatic rings. The summed E-state index contributed by atoms with van der Waals surface area (Å²) in [5, 5.41) is 4.72. The molecule has 12 rings (SSSR count). The van der Waals surface area contributed by atoms with E-state index in [1.165, 1.54) is 38.6 Å². The summed E-state index contributed by atoms with van der Waals surface area (Å²) in [6.07, 6.45) is 0. The Hall–Kier alpha value is -7.88. The van der Waals surface area contributed by atoms with Crippen molar-refractivity contribution in [3.8, 4) is 78.4 Å². The van der Waals surface area contributed by atoms with Gasteiger partial charge in [-0.25, -0.2) is 9.97 Å². The lowest BCUT2D eigenvalue weighted by Crippen LogP contribution is -2.14. The van der Waals surface area contributed by atoms with Gasteiger partial charge in [0, 0.05) is 32.9 Å². The Morgan fingerprint density at radius 3 is 1.81 bits per heavy atom. The molecule has 0 spiro atoms. The minimum atomic E-state index is -0.170. The van der Waals surface area contributed by atoms with Crippen LogP contribution in [0.15, 0.2) is 211 Å². The van der Waals surface area contributed by atoms with E-state index < -0.39 is 0 Å². The molecule has 0 aliphatic heterocycles. The number of benzene rings is 9. The first kappa shape index (κ1) is 36.0. The van der Waals surface area contributed by atoms with Crippen LogP contribution in [0, 0.1) is 0 Å². The van der Waals surface area contributed by atoms with Crippen molar-refractivity contribution >= 4 is 32.7 Å². The van der Waals surface area contributed by atoms with Crippen LogP contribution < -0.4 is 0 Å². The molecule has 0 radical (unpaired) electrons. The number of fused-ring (bicyclic) bond motifs is 7. The number of aromatic nitrogens is 2. The fourth-order valence-electron chi connectivity index (χ4n) is 9.74. The minimum absolute atomic E-state index is 0.170. The molecule has 11 aromatic rings. The summed E-state index contributed by atoms with van der Waals surface area (Å²) in [5.41, 5.74) is 18.5. The third-order valence-corrected chi connectivity index (χ3v) is 12.9. The van der Waals surface area contributed by atoms with Crippen molar-refractivity contribution in [3.05, 3.63) is 217 Å². The fourth-order valence-corrected chi connectivity index (χ4v) is 9.74. The number of rotatable bonds is 6. The normalized spacial score (nSPS) is 12.8. The molecule has 292 valence electrons. The van der Waals surface area contributed by atoms with Gasteiger partial charge in [0.05, 0.1) is 11.4 Å². The monoisotopic (exact) mass is 792 g/mol. The van der Waals surface area contributed by atoms with Gasteiger partial charge in [0.1, 0.15) is 11.2 Å². The Morgan fingerprint density at radius 1 is 0.355 bits per heavy atom. The summed E-state index contributed by atoms with van der Waals surface area (Å²) in [5.74, 6) is 0.683. The Bertz CT molecular complexity index is 3540. The van der Waals surface area contributed by atoms with Crippen LogP contribution in [-0.4, -0.2) is 9.97 Å². The highest BCUT2D eigenvalue weighted by molar-refractivity contribution is 6.07. The smallest absolute Gasteiger partial charge is 0.160 e. The van der Waals surface area contributed by atoms with E-state index in [9.17, 15) is 0 Å². The highest BCUT2D eigenvalue weighted by atomic mass is 16.3. The quantitative estimate of drug-likeness (QED) is 0.168. The molecule has 0 N–H and O–H groups in total. The van der Waals surface area contributed by atoms with Crippen molar-refractivity contribution in [2.24, 2.45) is 0 Å². The second-order valence-electron chi connectivity index (χ2n) is 16.9. The predicted molar refractivity (Wildman–Crippen MR) is 257 cm³/mol. The van der Waals surface area contributed by atoms with Crippen molar-refractivity contribution in [1.82, 2.24) is 9.97 Å². The van der Waals surface area contributed by atoms with Crippen LogP contribution in [-0.2, 0) is 5.41 Å². The molecule has 0 saturated heterocycles.